The van der Waals surface area contributed by atoms with E-state index in [1.807, 2.05) is 86.6 Å². The van der Waals surface area contributed by atoms with Gasteiger partial charge in [0, 0.05) is 16.3 Å². The molecule has 0 saturated carbocycles. The van der Waals surface area contributed by atoms with Crippen molar-refractivity contribution in [3.8, 4) is 5.75 Å². The first kappa shape index (κ1) is 24.0. The van der Waals surface area contributed by atoms with E-state index in [0.717, 1.165) is 32.2 Å². The smallest absolute Gasteiger partial charge is 0.239 e. The van der Waals surface area contributed by atoms with Crippen molar-refractivity contribution in [2.24, 2.45) is 0 Å². The first-order chi connectivity index (χ1) is 16.5. The normalized spacial score (nSPS) is 11.6. The summed E-state index contributed by atoms with van der Waals surface area (Å²) >= 11 is 8.29. The van der Waals surface area contributed by atoms with Crippen LogP contribution in [0, 0.1) is 0 Å². The van der Waals surface area contributed by atoms with Crippen molar-refractivity contribution in [1.29, 1.82) is 0 Å². The highest BCUT2D eigenvalue weighted by molar-refractivity contribution is 8.00. The molecule has 4 aromatic rings. The Labute approximate surface area is 212 Å². The number of nitrogens with zero attached hydrogens (tertiary/aromatic N) is 1. The lowest BCUT2D eigenvalue weighted by molar-refractivity contribution is -0.115. The number of amides is 1. The van der Waals surface area contributed by atoms with Crippen LogP contribution in [0.3, 0.4) is 0 Å². The molecule has 1 amide bonds. The summed E-state index contributed by atoms with van der Waals surface area (Å²) in [6, 6.07) is 23.3. The number of benzene rings is 3. The third-order valence-electron chi connectivity index (χ3n) is 4.73. The van der Waals surface area contributed by atoms with E-state index in [2.05, 4.69) is 20.9 Å². The zero-order chi connectivity index (χ0) is 23.9. The fraction of sp³-hybridized carbons (Fsp3) is 0.160. The Morgan fingerprint density at radius 2 is 1.74 bits per heavy atom. The number of hydrogen-bond acceptors (Lipinski definition) is 6. The van der Waals surface area contributed by atoms with Crippen molar-refractivity contribution >= 4 is 73.1 Å². The summed E-state index contributed by atoms with van der Waals surface area (Å²) in [5, 5.41) is 10.1. The average molecular weight is 509 g/mol. The molecule has 34 heavy (non-hydrogen) atoms. The summed E-state index contributed by atoms with van der Waals surface area (Å²) in [5.41, 5.74) is 2.64. The van der Waals surface area contributed by atoms with Crippen LogP contribution in [0.25, 0.3) is 10.2 Å². The van der Waals surface area contributed by atoms with Gasteiger partial charge >= 0.3 is 0 Å². The van der Waals surface area contributed by atoms with E-state index in [1.165, 1.54) is 23.1 Å². The van der Waals surface area contributed by atoms with Crippen LogP contribution in [-0.2, 0) is 4.79 Å². The summed E-state index contributed by atoms with van der Waals surface area (Å²) in [4.78, 5) is 18.2. The van der Waals surface area contributed by atoms with Crippen molar-refractivity contribution in [2.75, 3.05) is 22.6 Å². The molecule has 0 aliphatic rings. The molecule has 3 aromatic carbocycles. The van der Waals surface area contributed by atoms with Crippen LogP contribution >= 0.6 is 35.3 Å². The van der Waals surface area contributed by atoms with E-state index in [9.17, 15) is 4.79 Å². The van der Waals surface area contributed by atoms with Gasteiger partial charge in [-0.3, -0.25) is 4.79 Å². The van der Waals surface area contributed by atoms with Gasteiger partial charge in [-0.25, -0.2) is 4.98 Å². The number of para-hydroxylation sites is 1. The first-order valence-electron chi connectivity index (χ1n) is 10.7. The number of carbonyl (C=O) groups is 1. The van der Waals surface area contributed by atoms with Gasteiger partial charge < -0.3 is 20.7 Å². The van der Waals surface area contributed by atoms with Gasteiger partial charge in [-0.2, -0.15) is 0 Å². The number of thiazole rings is 1. The number of carbonyl (C=O) groups excluding carboxylic acids is 1. The van der Waals surface area contributed by atoms with E-state index in [4.69, 9.17) is 17.0 Å². The van der Waals surface area contributed by atoms with Crippen LogP contribution < -0.4 is 20.7 Å². The Balaban J connectivity index is 1.30. The minimum absolute atomic E-state index is 0.0930. The second-order valence-electron chi connectivity index (χ2n) is 7.30. The van der Waals surface area contributed by atoms with Crippen LogP contribution in [0.4, 0.5) is 16.5 Å². The van der Waals surface area contributed by atoms with Gasteiger partial charge in [0.15, 0.2) is 10.2 Å². The summed E-state index contributed by atoms with van der Waals surface area (Å²) in [6.45, 7) is 4.44. The lowest BCUT2D eigenvalue weighted by Crippen LogP contribution is -2.22. The zero-order valence-corrected chi connectivity index (χ0v) is 21.2. The van der Waals surface area contributed by atoms with Gasteiger partial charge in [-0.1, -0.05) is 29.5 Å². The molecule has 174 valence electrons. The summed E-state index contributed by atoms with van der Waals surface area (Å²) in [7, 11) is 0. The highest BCUT2D eigenvalue weighted by atomic mass is 32.2. The Morgan fingerprint density at radius 3 is 2.44 bits per heavy atom. The Hall–Kier alpha value is -3.14. The zero-order valence-electron chi connectivity index (χ0n) is 18.7. The van der Waals surface area contributed by atoms with Crippen molar-refractivity contribution in [2.45, 2.75) is 24.0 Å². The Kier molecular flexibility index (Phi) is 7.99. The number of aromatic nitrogens is 1. The molecule has 9 heteroatoms. The monoisotopic (exact) mass is 508 g/mol. The molecule has 0 fully saturated rings. The molecule has 0 aliphatic carbocycles. The van der Waals surface area contributed by atoms with Gasteiger partial charge in [0.1, 0.15) is 5.75 Å². The first-order valence-corrected chi connectivity index (χ1v) is 12.8. The predicted octanol–water partition coefficient (Wildman–Crippen LogP) is 6.62. The number of anilines is 3. The minimum Gasteiger partial charge on any atom is -0.494 e. The van der Waals surface area contributed by atoms with E-state index < -0.39 is 0 Å². The van der Waals surface area contributed by atoms with Gasteiger partial charge in [0.25, 0.3) is 0 Å². The van der Waals surface area contributed by atoms with Crippen LogP contribution in [0.15, 0.2) is 77.7 Å². The van der Waals surface area contributed by atoms with Gasteiger partial charge in [0.05, 0.1) is 22.1 Å². The molecule has 6 nitrogen and oxygen atoms in total. The topological polar surface area (TPSA) is 75.3 Å². The fourth-order valence-corrected chi connectivity index (χ4v) is 5.11. The molecule has 3 N–H and O–H groups in total. The average Bonchev–Trinajstić information content (AvgIpc) is 3.22. The highest BCUT2D eigenvalue weighted by Gasteiger charge is 2.17. The van der Waals surface area contributed by atoms with E-state index in [-0.39, 0.29) is 11.2 Å². The molecule has 1 atom stereocenters. The third-order valence-corrected chi connectivity index (χ3v) is 6.98. The third kappa shape index (κ3) is 6.47. The Morgan fingerprint density at radius 1 is 1.03 bits per heavy atom. The Bertz CT molecular complexity index is 1280. The van der Waals surface area contributed by atoms with Gasteiger partial charge in [-0.15, -0.1) is 11.8 Å². The minimum atomic E-state index is -0.286. The molecule has 0 radical (unpaired) electrons. The molecule has 1 aromatic heterocycles. The second kappa shape index (κ2) is 11.3. The maximum absolute atomic E-state index is 12.7. The van der Waals surface area contributed by atoms with E-state index in [0.29, 0.717) is 16.9 Å². The molecule has 0 bridgehead atoms. The number of fused-ring (bicyclic) bond motifs is 1. The molecular formula is C25H24N4O2S3. The van der Waals surface area contributed by atoms with Crippen molar-refractivity contribution in [1.82, 2.24) is 4.98 Å². The number of nitrogens with one attached hydrogen (secondary N) is 3. The van der Waals surface area contributed by atoms with E-state index in [1.54, 1.807) is 0 Å². The maximum atomic E-state index is 12.7. The second-order valence-corrected chi connectivity index (χ2v) is 10.2. The molecule has 0 saturated heterocycles. The molecule has 1 heterocycles. The van der Waals surface area contributed by atoms with Crippen molar-refractivity contribution in [3.63, 3.8) is 0 Å². The molecule has 0 spiro atoms. The lowest BCUT2D eigenvalue weighted by atomic mass is 10.3. The lowest BCUT2D eigenvalue weighted by Gasteiger charge is -2.12. The summed E-state index contributed by atoms with van der Waals surface area (Å²) in [5.74, 6) is 0.708. The molecule has 0 aliphatic heterocycles. The molecular weight excluding hydrogens is 485 g/mol. The van der Waals surface area contributed by atoms with Gasteiger partial charge in [-0.05, 0) is 80.7 Å². The van der Waals surface area contributed by atoms with E-state index >= 15 is 0 Å². The number of hydrogen-bond donors (Lipinski definition) is 3. The van der Waals surface area contributed by atoms with Crippen LogP contribution in [-0.4, -0.2) is 27.9 Å². The van der Waals surface area contributed by atoms with Crippen molar-refractivity contribution < 1.29 is 9.53 Å². The number of ether oxygens (including phenoxy) is 1. The fourth-order valence-electron chi connectivity index (χ4n) is 3.11. The molecule has 4 rings (SSSR count). The number of rotatable bonds is 8. The maximum Gasteiger partial charge on any atom is 0.239 e. The largest absolute Gasteiger partial charge is 0.494 e. The quantitative estimate of drug-likeness (QED) is 0.182. The highest BCUT2D eigenvalue weighted by Crippen LogP contribution is 2.31. The van der Waals surface area contributed by atoms with Crippen LogP contribution in [0.1, 0.15) is 13.8 Å². The standard InChI is InChI=1S/C25H24N4O2S3/c1-3-31-19-11-14-21-22(15-19)34-25(28-21)29-23(30)16(2)33-20-12-9-18(10-13-20)27-24(32)26-17-7-5-4-6-8-17/h4-16H,3H2,1-2H3,(H2,26,27,32)(H,28,29,30). The van der Waals surface area contributed by atoms with Crippen LogP contribution in [0.5, 0.6) is 5.75 Å². The summed E-state index contributed by atoms with van der Waals surface area (Å²) in [6.07, 6.45) is 0. The number of thiocarbonyl (C=S) groups is 1. The van der Waals surface area contributed by atoms with Crippen LogP contribution in [0.2, 0.25) is 0 Å². The summed E-state index contributed by atoms with van der Waals surface area (Å²) < 4.78 is 6.51. The SMILES string of the molecule is CCOc1ccc2nc(NC(=O)C(C)Sc3ccc(NC(=S)Nc4ccccc4)cc3)sc2c1. The predicted molar refractivity (Wildman–Crippen MR) is 147 cm³/mol. The number of thioether (sulfide) groups is 1. The van der Waals surface area contributed by atoms with Crippen molar-refractivity contribution in [3.05, 3.63) is 72.8 Å². The van der Waals surface area contributed by atoms with Gasteiger partial charge in [0.2, 0.25) is 5.91 Å². The molecule has 1 unspecified atom stereocenters.